The van der Waals surface area contributed by atoms with E-state index in [4.69, 9.17) is 4.74 Å². The van der Waals surface area contributed by atoms with E-state index in [1.165, 1.54) is 0 Å². The maximum Gasteiger partial charge on any atom is 0.156 e. The van der Waals surface area contributed by atoms with Gasteiger partial charge < -0.3 is 14.3 Å². The highest BCUT2D eigenvalue weighted by molar-refractivity contribution is 5.75. The minimum atomic E-state index is 0.848. The van der Waals surface area contributed by atoms with E-state index in [1.807, 2.05) is 30.7 Å². The van der Waals surface area contributed by atoms with Crippen LogP contribution < -0.4 is 0 Å². The number of aryl methyl sites for hydroxylation is 1. The van der Waals surface area contributed by atoms with E-state index in [-0.39, 0.29) is 0 Å². The lowest BCUT2D eigenvalue weighted by molar-refractivity contribution is 0.0369. The van der Waals surface area contributed by atoms with Crippen molar-refractivity contribution in [1.29, 1.82) is 0 Å². The summed E-state index contributed by atoms with van der Waals surface area (Å²) in [6, 6.07) is 10.3. The first-order valence-electron chi connectivity index (χ1n) is 8.82. The molecule has 1 saturated heterocycles. The van der Waals surface area contributed by atoms with E-state index in [9.17, 15) is 0 Å². The van der Waals surface area contributed by atoms with Gasteiger partial charge >= 0.3 is 0 Å². The fraction of sp³-hybridized carbons (Fsp3) is 0.368. The van der Waals surface area contributed by atoms with Crippen LogP contribution in [0, 0.1) is 0 Å². The summed E-state index contributed by atoms with van der Waals surface area (Å²) in [5.41, 5.74) is 3.14. The molecule has 1 aliphatic rings. The van der Waals surface area contributed by atoms with Crippen LogP contribution in [0.1, 0.15) is 6.42 Å². The maximum atomic E-state index is 5.42. The van der Waals surface area contributed by atoms with Crippen LogP contribution in [0.4, 0.5) is 0 Å². The first-order valence-corrected chi connectivity index (χ1v) is 8.82. The van der Waals surface area contributed by atoms with Crippen molar-refractivity contribution in [2.24, 2.45) is 0 Å². The fourth-order valence-electron chi connectivity index (χ4n) is 3.29. The van der Waals surface area contributed by atoms with Gasteiger partial charge in [-0.25, -0.2) is 9.97 Å². The van der Waals surface area contributed by atoms with Crippen molar-refractivity contribution in [3.8, 4) is 22.8 Å². The fourth-order valence-corrected chi connectivity index (χ4v) is 3.29. The number of rotatable bonds is 6. The molecule has 3 heterocycles. The van der Waals surface area contributed by atoms with Gasteiger partial charge in [0.15, 0.2) is 5.82 Å². The standard InChI is InChI=1S/C19H23N5O/c1-2-5-16(6-3-1)17-18(19-20-7-8-21-19)24(15-22-17)10-4-9-23-11-13-25-14-12-23/h1-3,5-8,15H,4,9-14H2,(H,20,21). The van der Waals surface area contributed by atoms with Gasteiger partial charge in [0.2, 0.25) is 0 Å². The van der Waals surface area contributed by atoms with E-state index in [1.54, 1.807) is 6.20 Å². The molecule has 0 unspecified atom stereocenters. The van der Waals surface area contributed by atoms with Gasteiger partial charge in [-0.3, -0.25) is 4.90 Å². The highest BCUT2D eigenvalue weighted by atomic mass is 16.5. The van der Waals surface area contributed by atoms with Gasteiger partial charge in [0, 0.05) is 44.1 Å². The molecule has 3 aromatic rings. The van der Waals surface area contributed by atoms with E-state index < -0.39 is 0 Å². The van der Waals surface area contributed by atoms with Crippen LogP contribution in [-0.2, 0) is 11.3 Å². The van der Waals surface area contributed by atoms with E-state index in [0.717, 1.165) is 68.6 Å². The second kappa shape index (κ2) is 7.63. The van der Waals surface area contributed by atoms with Crippen molar-refractivity contribution in [3.63, 3.8) is 0 Å². The van der Waals surface area contributed by atoms with Gasteiger partial charge in [-0.1, -0.05) is 30.3 Å². The molecule has 6 heteroatoms. The molecule has 0 saturated carbocycles. The number of benzene rings is 1. The molecule has 1 fully saturated rings. The van der Waals surface area contributed by atoms with Crippen LogP contribution in [0.3, 0.4) is 0 Å². The third-order valence-electron chi connectivity index (χ3n) is 4.58. The highest BCUT2D eigenvalue weighted by Crippen LogP contribution is 2.29. The Morgan fingerprint density at radius 3 is 2.64 bits per heavy atom. The summed E-state index contributed by atoms with van der Waals surface area (Å²) in [5.74, 6) is 0.864. The number of aromatic amines is 1. The predicted octanol–water partition coefficient (Wildman–Crippen LogP) is 2.66. The Kier molecular flexibility index (Phi) is 4.90. The largest absolute Gasteiger partial charge is 0.379 e. The predicted molar refractivity (Wildman–Crippen MR) is 97.1 cm³/mol. The van der Waals surface area contributed by atoms with Gasteiger partial charge in [-0.05, 0) is 6.42 Å². The minimum absolute atomic E-state index is 0.848. The maximum absolute atomic E-state index is 5.42. The summed E-state index contributed by atoms with van der Waals surface area (Å²) in [5, 5.41) is 0. The Morgan fingerprint density at radius 1 is 1.04 bits per heavy atom. The van der Waals surface area contributed by atoms with E-state index >= 15 is 0 Å². The molecule has 0 radical (unpaired) electrons. The van der Waals surface area contributed by atoms with Gasteiger partial charge in [-0.15, -0.1) is 0 Å². The average molecular weight is 337 g/mol. The van der Waals surface area contributed by atoms with Crippen LogP contribution in [0.25, 0.3) is 22.8 Å². The Balaban J connectivity index is 1.54. The molecule has 6 nitrogen and oxygen atoms in total. The van der Waals surface area contributed by atoms with Crippen molar-refractivity contribution >= 4 is 0 Å². The normalized spacial score (nSPS) is 15.5. The first-order chi connectivity index (χ1) is 12.4. The molecule has 1 N–H and O–H groups in total. The molecular weight excluding hydrogens is 314 g/mol. The third kappa shape index (κ3) is 3.65. The summed E-state index contributed by atoms with van der Waals surface area (Å²) in [7, 11) is 0. The van der Waals surface area contributed by atoms with Crippen molar-refractivity contribution in [1.82, 2.24) is 24.4 Å². The zero-order valence-corrected chi connectivity index (χ0v) is 14.3. The number of imidazole rings is 2. The van der Waals surface area contributed by atoms with Gasteiger partial charge in [0.25, 0.3) is 0 Å². The van der Waals surface area contributed by atoms with Gasteiger partial charge in [0.1, 0.15) is 5.69 Å². The molecule has 4 rings (SSSR count). The summed E-state index contributed by atoms with van der Waals surface area (Å²) in [6.07, 6.45) is 6.65. The molecule has 2 aromatic heterocycles. The summed E-state index contributed by atoms with van der Waals surface area (Å²) >= 11 is 0. The number of nitrogens with one attached hydrogen (secondary N) is 1. The molecule has 25 heavy (non-hydrogen) atoms. The quantitative estimate of drug-likeness (QED) is 0.751. The lowest BCUT2D eigenvalue weighted by Gasteiger charge is -2.26. The lowest BCUT2D eigenvalue weighted by atomic mass is 10.1. The number of aromatic nitrogens is 4. The molecule has 0 amide bonds. The molecule has 0 spiro atoms. The van der Waals surface area contributed by atoms with Gasteiger partial charge in [-0.2, -0.15) is 0 Å². The molecule has 130 valence electrons. The van der Waals surface area contributed by atoms with Crippen LogP contribution in [0.5, 0.6) is 0 Å². The second-order valence-corrected chi connectivity index (χ2v) is 6.25. The Morgan fingerprint density at radius 2 is 1.88 bits per heavy atom. The highest BCUT2D eigenvalue weighted by Gasteiger charge is 2.17. The number of hydrogen-bond acceptors (Lipinski definition) is 4. The monoisotopic (exact) mass is 337 g/mol. The summed E-state index contributed by atoms with van der Waals surface area (Å²) in [4.78, 5) is 14.8. The summed E-state index contributed by atoms with van der Waals surface area (Å²) in [6.45, 7) is 5.77. The summed E-state index contributed by atoms with van der Waals surface area (Å²) < 4.78 is 7.63. The molecule has 0 bridgehead atoms. The third-order valence-corrected chi connectivity index (χ3v) is 4.58. The number of hydrogen-bond donors (Lipinski definition) is 1. The number of nitrogens with zero attached hydrogens (tertiary/aromatic N) is 4. The van der Waals surface area contributed by atoms with Crippen LogP contribution in [0.15, 0.2) is 49.1 Å². The Bertz CT molecular complexity index is 776. The van der Waals surface area contributed by atoms with Crippen LogP contribution in [-0.4, -0.2) is 57.3 Å². The van der Waals surface area contributed by atoms with E-state index in [0.29, 0.717) is 0 Å². The first kappa shape index (κ1) is 16.1. The Labute approximate surface area is 147 Å². The molecule has 1 aliphatic heterocycles. The minimum Gasteiger partial charge on any atom is -0.379 e. The number of H-pyrrole nitrogens is 1. The topological polar surface area (TPSA) is 59.0 Å². The van der Waals surface area contributed by atoms with E-state index in [2.05, 4.69) is 36.6 Å². The van der Waals surface area contributed by atoms with Crippen molar-refractivity contribution in [2.75, 3.05) is 32.8 Å². The molecular formula is C19H23N5O. The lowest BCUT2D eigenvalue weighted by Crippen LogP contribution is -2.37. The zero-order valence-electron chi connectivity index (χ0n) is 14.3. The average Bonchev–Trinajstić information content (AvgIpc) is 3.33. The second-order valence-electron chi connectivity index (χ2n) is 6.25. The van der Waals surface area contributed by atoms with Crippen LogP contribution >= 0.6 is 0 Å². The molecule has 1 aromatic carbocycles. The SMILES string of the molecule is c1ccc(-c2ncn(CCCN3CCOCC3)c2-c2ncc[nH]2)cc1. The van der Waals surface area contributed by atoms with Gasteiger partial charge in [0.05, 0.1) is 25.2 Å². The number of morpholine rings is 1. The zero-order chi connectivity index (χ0) is 16.9. The Hall–Kier alpha value is -2.44. The number of ether oxygens (including phenoxy) is 1. The van der Waals surface area contributed by atoms with Crippen molar-refractivity contribution < 1.29 is 4.74 Å². The van der Waals surface area contributed by atoms with Crippen LogP contribution in [0.2, 0.25) is 0 Å². The smallest absolute Gasteiger partial charge is 0.156 e. The van der Waals surface area contributed by atoms with Crippen molar-refractivity contribution in [2.45, 2.75) is 13.0 Å². The molecule has 0 atom stereocenters. The molecule has 0 aliphatic carbocycles. The van der Waals surface area contributed by atoms with Crippen molar-refractivity contribution in [3.05, 3.63) is 49.1 Å².